The van der Waals surface area contributed by atoms with Crippen LogP contribution < -0.4 is 5.32 Å². The molecule has 108 valence electrons. The zero-order valence-electron chi connectivity index (χ0n) is 12.0. The van der Waals surface area contributed by atoms with Crippen molar-refractivity contribution >= 4 is 22.4 Å². The molecule has 0 saturated heterocycles. The maximum absolute atomic E-state index is 11.4. The Bertz CT molecular complexity index is 405. The molecule has 19 heavy (non-hydrogen) atoms. The molecule has 0 aromatic carbocycles. The summed E-state index contributed by atoms with van der Waals surface area (Å²) >= 11 is 1.47. The number of aryl methyl sites for hydroxylation is 1. The topological polar surface area (TPSA) is 60.5 Å². The molecule has 0 saturated carbocycles. The molecular formula is C13H22N2O3S. The number of methoxy groups -OCH3 is 1. The Morgan fingerprint density at radius 3 is 2.79 bits per heavy atom. The fraction of sp³-hybridized carbons (Fsp3) is 0.692. The first-order chi connectivity index (χ1) is 9.04. The number of carbonyl (C=O) groups excluding carboxylic acids is 1. The molecule has 6 heteroatoms. The number of esters is 1. The van der Waals surface area contributed by atoms with E-state index >= 15 is 0 Å². The van der Waals surface area contributed by atoms with Crippen LogP contribution in [0.2, 0.25) is 0 Å². The van der Waals surface area contributed by atoms with Crippen LogP contribution in [0.25, 0.3) is 0 Å². The SMILES string of the molecule is COC(=O)c1nc(NCCCCOC(C)C)sc1C. The van der Waals surface area contributed by atoms with Gasteiger partial charge in [-0.05, 0) is 33.6 Å². The van der Waals surface area contributed by atoms with Crippen molar-refractivity contribution < 1.29 is 14.3 Å². The molecule has 5 nitrogen and oxygen atoms in total. The molecule has 1 heterocycles. The molecule has 1 aromatic rings. The van der Waals surface area contributed by atoms with Gasteiger partial charge in [0.05, 0.1) is 13.2 Å². The number of aromatic nitrogens is 1. The van der Waals surface area contributed by atoms with Gasteiger partial charge in [-0.15, -0.1) is 11.3 Å². The summed E-state index contributed by atoms with van der Waals surface area (Å²) in [6, 6.07) is 0. The van der Waals surface area contributed by atoms with Crippen LogP contribution in [0.1, 0.15) is 42.1 Å². The van der Waals surface area contributed by atoms with Gasteiger partial charge in [-0.1, -0.05) is 0 Å². The molecule has 0 aliphatic heterocycles. The van der Waals surface area contributed by atoms with Gasteiger partial charge in [0.2, 0.25) is 0 Å². The minimum Gasteiger partial charge on any atom is -0.464 e. The van der Waals surface area contributed by atoms with E-state index in [1.54, 1.807) is 0 Å². The van der Waals surface area contributed by atoms with E-state index in [1.165, 1.54) is 18.4 Å². The second kappa shape index (κ2) is 8.12. The van der Waals surface area contributed by atoms with E-state index in [4.69, 9.17) is 4.74 Å². The third-order valence-corrected chi connectivity index (χ3v) is 3.40. The third-order valence-electron chi connectivity index (χ3n) is 2.47. The van der Waals surface area contributed by atoms with Crippen molar-refractivity contribution in [2.24, 2.45) is 0 Å². The van der Waals surface area contributed by atoms with Gasteiger partial charge in [-0.3, -0.25) is 0 Å². The van der Waals surface area contributed by atoms with Crippen LogP contribution in [-0.2, 0) is 9.47 Å². The average Bonchev–Trinajstić information content (AvgIpc) is 2.73. The summed E-state index contributed by atoms with van der Waals surface area (Å²) in [4.78, 5) is 16.5. The van der Waals surface area contributed by atoms with Gasteiger partial charge in [-0.2, -0.15) is 0 Å². The lowest BCUT2D eigenvalue weighted by molar-refractivity contribution is 0.0594. The Morgan fingerprint density at radius 2 is 2.16 bits per heavy atom. The van der Waals surface area contributed by atoms with Crippen molar-refractivity contribution in [3.8, 4) is 0 Å². The molecule has 1 rings (SSSR count). The highest BCUT2D eigenvalue weighted by Gasteiger charge is 2.15. The monoisotopic (exact) mass is 286 g/mol. The maximum atomic E-state index is 11.4. The Hall–Kier alpha value is -1.14. The number of ether oxygens (including phenoxy) is 2. The lowest BCUT2D eigenvalue weighted by atomic mass is 10.3. The zero-order chi connectivity index (χ0) is 14.3. The third kappa shape index (κ3) is 5.57. The van der Waals surface area contributed by atoms with Crippen molar-refractivity contribution in [1.29, 1.82) is 0 Å². The van der Waals surface area contributed by atoms with E-state index in [1.807, 2.05) is 20.8 Å². The summed E-state index contributed by atoms with van der Waals surface area (Å²) in [5.74, 6) is -0.382. The quantitative estimate of drug-likeness (QED) is 0.588. The van der Waals surface area contributed by atoms with Crippen LogP contribution in [0, 0.1) is 6.92 Å². The van der Waals surface area contributed by atoms with Crippen LogP contribution in [0.5, 0.6) is 0 Å². The Labute approximate surface area is 118 Å². The van der Waals surface area contributed by atoms with E-state index in [-0.39, 0.29) is 12.1 Å². The zero-order valence-corrected chi connectivity index (χ0v) is 12.8. The summed E-state index contributed by atoms with van der Waals surface area (Å²) < 4.78 is 10.1. The molecule has 1 N–H and O–H groups in total. The Balaban J connectivity index is 2.28. The minimum absolute atomic E-state index is 0.289. The van der Waals surface area contributed by atoms with E-state index < -0.39 is 0 Å². The van der Waals surface area contributed by atoms with E-state index in [0.717, 1.165) is 36.0 Å². The van der Waals surface area contributed by atoms with Gasteiger partial charge >= 0.3 is 5.97 Å². The molecule has 0 unspecified atom stereocenters. The van der Waals surface area contributed by atoms with Crippen LogP contribution in [-0.4, -0.2) is 37.3 Å². The van der Waals surface area contributed by atoms with Crippen LogP contribution in [0.3, 0.4) is 0 Å². The standard InChI is InChI=1S/C13H22N2O3S/c1-9(2)18-8-6-5-7-14-13-15-11(10(3)19-13)12(16)17-4/h9H,5-8H2,1-4H3,(H,14,15). The predicted octanol–water partition coefficient (Wildman–Crippen LogP) is 2.86. The van der Waals surface area contributed by atoms with Crippen molar-refractivity contribution in [2.45, 2.75) is 39.7 Å². The van der Waals surface area contributed by atoms with Gasteiger partial charge in [0.15, 0.2) is 10.8 Å². The van der Waals surface area contributed by atoms with Crippen molar-refractivity contribution in [3.05, 3.63) is 10.6 Å². The molecule has 0 aliphatic rings. The van der Waals surface area contributed by atoms with Crippen molar-refractivity contribution in [1.82, 2.24) is 4.98 Å². The fourth-order valence-electron chi connectivity index (χ4n) is 1.50. The summed E-state index contributed by atoms with van der Waals surface area (Å²) in [5.41, 5.74) is 0.401. The lowest BCUT2D eigenvalue weighted by Crippen LogP contribution is -2.07. The molecule has 0 radical (unpaired) electrons. The number of nitrogens with zero attached hydrogens (tertiary/aromatic N) is 1. The number of hydrogen-bond donors (Lipinski definition) is 1. The number of thiazole rings is 1. The highest BCUT2D eigenvalue weighted by Crippen LogP contribution is 2.22. The maximum Gasteiger partial charge on any atom is 0.357 e. The smallest absolute Gasteiger partial charge is 0.357 e. The molecule has 0 amide bonds. The largest absolute Gasteiger partial charge is 0.464 e. The highest BCUT2D eigenvalue weighted by molar-refractivity contribution is 7.15. The molecule has 0 atom stereocenters. The molecule has 0 aliphatic carbocycles. The summed E-state index contributed by atoms with van der Waals surface area (Å²) in [7, 11) is 1.36. The second-order valence-electron chi connectivity index (χ2n) is 4.47. The van der Waals surface area contributed by atoms with Crippen molar-refractivity contribution in [2.75, 3.05) is 25.6 Å². The predicted molar refractivity (Wildman–Crippen MR) is 77.0 cm³/mol. The molecule has 0 spiro atoms. The number of nitrogens with one attached hydrogen (secondary N) is 1. The molecule has 0 bridgehead atoms. The minimum atomic E-state index is -0.382. The number of rotatable bonds is 8. The first-order valence-electron chi connectivity index (χ1n) is 6.45. The van der Waals surface area contributed by atoms with Gasteiger partial charge in [0, 0.05) is 18.0 Å². The summed E-state index contributed by atoms with van der Waals surface area (Å²) in [5, 5.41) is 3.98. The number of carbonyl (C=O) groups is 1. The van der Waals surface area contributed by atoms with Crippen molar-refractivity contribution in [3.63, 3.8) is 0 Å². The van der Waals surface area contributed by atoms with Gasteiger partial charge < -0.3 is 14.8 Å². The lowest BCUT2D eigenvalue weighted by Gasteiger charge is -2.07. The van der Waals surface area contributed by atoms with E-state index in [2.05, 4.69) is 15.0 Å². The first kappa shape index (κ1) is 15.9. The van der Waals surface area contributed by atoms with Gasteiger partial charge in [-0.25, -0.2) is 9.78 Å². The molecular weight excluding hydrogens is 264 g/mol. The fourth-order valence-corrected chi connectivity index (χ4v) is 2.33. The van der Waals surface area contributed by atoms with Crippen LogP contribution >= 0.6 is 11.3 Å². The van der Waals surface area contributed by atoms with E-state index in [0.29, 0.717) is 5.69 Å². The molecule has 1 aromatic heterocycles. The Kier molecular flexibility index (Phi) is 6.80. The van der Waals surface area contributed by atoms with Gasteiger partial charge in [0.1, 0.15) is 0 Å². The highest BCUT2D eigenvalue weighted by atomic mass is 32.1. The number of unbranched alkanes of at least 4 members (excludes halogenated alkanes) is 1. The first-order valence-corrected chi connectivity index (χ1v) is 7.27. The second-order valence-corrected chi connectivity index (χ2v) is 5.67. The van der Waals surface area contributed by atoms with Crippen LogP contribution in [0.4, 0.5) is 5.13 Å². The van der Waals surface area contributed by atoms with E-state index in [9.17, 15) is 4.79 Å². The Morgan fingerprint density at radius 1 is 1.42 bits per heavy atom. The number of anilines is 1. The molecule has 0 fully saturated rings. The average molecular weight is 286 g/mol. The normalized spacial score (nSPS) is 10.8. The summed E-state index contributed by atoms with van der Waals surface area (Å²) in [6.45, 7) is 7.54. The number of hydrogen-bond acceptors (Lipinski definition) is 6. The summed E-state index contributed by atoms with van der Waals surface area (Å²) in [6.07, 6.45) is 2.32. The van der Waals surface area contributed by atoms with Crippen LogP contribution in [0.15, 0.2) is 0 Å². The van der Waals surface area contributed by atoms with Gasteiger partial charge in [0.25, 0.3) is 0 Å².